The van der Waals surface area contributed by atoms with Gasteiger partial charge in [0.1, 0.15) is 0 Å². The van der Waals surface area contributed by atoms with E-state index in [0.29, 0.717) is 0 Å². The zero-order chi connectivity index (χ0) is 14.5. The summed E-state index contributed by atoms with van der Waals surface area (Å²) in [4.78, 5) is 0.0941. The van der Waals surface area contributed by atoms with Crippen molar-refractivity contribution < 1.29 is 17.7 Å². The van der Waals surface area contributed by atoms with Gasteiger partial charge in [0.05, 0.1) is 17.6 Å². The molecule has 6 heteroatoms. The van der Waals surface area contributed by atoms with Crippen molar-refractivity contribution in [3.63, 3.8) is 0 Å². The first-order valence-electron chi connectivity index (χ1n) is 6.15. The molecule has 0 fully saturated rings. The predicted molar refractivity (Wildman–Crippen MR) is 77.9 cm³/mol. The van der Waals surface area contributed by atoms with E-state index < -0.39 is 16.2 Å². The number of aliphatic hydroxyl groups is 1. The summed E-state index contributed by atoms with van der Waals surface area (Å²) in [5, 5.41) is 9.70. The minimum atomic E-state index is -3.73. The monoisotopic (exact) mass is 350 g/mol. The second kappa shape index (κ2) is 7.38. The number of aliphatic hydroxyl groups excluding tert-OH is 1. The van der Waals surface area contributed by atoms with Gasteiger partial charge in [-0.2, -0.15) is 8.42 Å². The van der Waals surface area contributed by atoms with E-state index in [0.717, 1.165) is 12.0 Å². The van der Waals surface area contributed by atoms with Gasteiger partial charge in [0.2, 0.25) is 0 Å². The van der Waals surface area contributed by atoms with Crippen molar-refractivity contribution in [2.24, 2.45) is 0 Å². The number of rotatable bonds is 7. The Morgan fingerprint density at radius 1 is 1.32 bits per heavy atom. The largest absolute Gasteiger partial charge is 0.392 e. The number of benzene rings is 1. The van der Waals surface area contributed by atoms with Crippen molar-refractivity contribution >= 4 is 26.0 Å². The highest BCUT2D eigenvalue weighted by Gasteiger charge is 2.18. The van der Waals surface area contributed by atoms with Crippen molar-refractivity contribution in [1.29, 1.82) is 0 Å². The second-order valence-corrected chi connectivity index (χ2v) is 7.16. The molecule has 1 aromatic carbocycles. The molecule has 0 heterocycles. The molecular weight excluding hydrogens is 332 g/mol. The fourth-order valence-electron chi connectivity index (χ4n) is 1.50. The van der Waals surface area contributed by atoms with E-state index in [-0.39, 0.29) is 22.8 Å². The average molecular weight is 351 g/mol. The summed E-state index contributed by atoms with van der Waals surface area (Å²) in [5.41, 5.74) is 0.986. The molecule has 0 saturated carbocycles. The zero-order valence-electron chi connectivity index (χ0n) is 11.0. The van der Waals surface area contributed by atoms with Crippen LogP contribution in [0.2, 0.25) is 0 Å². The zero-order valence-corrected chi connectivity index (χ0v) is 13.4. The molecule has 0 aliphatic rings. The molecule has 2 atom stereocenters. The maximum atomic E-state index is 11.8. The highest BCUT2D eigenvalue weighted by atomic mass is 79.9. The van der Waals surface area contributed by atoms with Gasteiger partial charge in [-0.3, -0.25) is 4.18 Å². The van der Waals surface area contributed by atoms with Gasteiger partial charge in [-0.15, -0.1) is 0 Å². The summed E-state index contributed by atoms with van der Waals surface area (Å²) in [6, 6.07) is 6.47. The summed E-state index contributed by atoms with van der Waals surface area (Å²) in [6.07, 6.45) is 0.430. The molecule has 0 spiro atoms. The summed E-state index contributed by atoms with van der Waals surface area (Å²) in [5.74, 6) is 0. The highest BCUT2D eigenvalue weighted by Crippen LogP contribution is 2.16. The third-order valence-electron chi connectivity index (χ3n) is 2.77. The number of aryl methyl sites for hydroxylation is 1. The van der Waals surface area contributed by atoms with E-state index in [9.17, 15) is 13.5 Å². The van der Waals surface area contributed by atoms with Crippen LogP contribution in [0.1, 0.15) is 25.3 Å². The first-order chi connectivity index (χ1) is 8.86. The van der Waals surface area contributed by atoms with E-state index in [1.54, 1.807) is 12.1 Å². The lowest BCUT2D eigenvalue weighted by Gasteiger charge is -2.15. The first kappa shape index (κ1) is 16.6. The van der Waals surface area contributed by atoms with Gasteiger partial charge in [0, 0.05) is 4.83 Å². The lowest BCUT2D eigenvalue weighted by molar-refractivity contribution is 0.138. The number of halogens is 1. The Bertz CT molecular complexity index is 484. The summed E-state index contributed by atoms with van der Waals surface area (Å²) in [6.45, 7) is 3.79. The van der Waals surface area contributed by atoms with Gasteiger partial charge in [-0.1, -0.05) is 40.5 Å². The van der Waals surface area contributed by atoms with Crippen LogP contribution in [0.15, 0.2) is 29.2 Å². The number of hydrogen-bond donors (Lipinski definition) is 1. The average Bonchev–Trinajstić information content (AvgIpc) is 2.37. The molecule has 1 aromatic rings. The van der Waals surface area contributed by atoms with Gasteiger partial charge in [0.15, 0.2) is 0 Å². The minimum absolute atomic E-state index is 0.0283. The van der Waals surface area contributed by atoms with Crippen LogP contribution in [0.5, 0.6) is 0 Å². The van der Waals surface area contributed by atoms with Gasteiger partial charge >= 0.3 is 0 Å². The Labute approximate surface area is 123 Å². The normalized spacial score (nSPS) is 15.2. The Morgan fingerprint density at radius 2 is 1.89 bits per heavy atom. The maximum absolute atomic E-state index is 11.8. The minimum Gasteiger partial charge on any atom is -0.392 e. The van der Waals surface area contributed by atoms with Crippen LogP contribution in [-0.2, 0) is 14.3 Å². The molecule has 0 aliphatic heterocycles. The summed E-state index contributed by atoms with van der Waals surface area (Å²) >= 11 is 3.32. The predicted octanol–water partition coefficient (Wildman–Crippen LogP) is 2.62. The standard InChI is InChI=1S/C13H19BrO4S/c1-3-12(14)13(15)8-9-18-19(16,17)11-6-4-10(2)5-7-11/h4-7,12-13,15H,3,8-9H2,1-2H3/t12-,13+/m1/s1. The molecule has 0 aliphatic carbocycles. The first-order valence-corrected chi connectivity index (χ1v) is 8.47. The molecular formula is C13H19BrO4S. The van der Waals surface area contributed by atoms with Crippen LogP contribution < -0.4 is 0 Å². The maximum Gasteiger partial charge on any atom is 0.296 e. The number of hydrogen-bond acceptors (Lipinski definition) is 4. The van der Waals surface area contributed by atoms with Gasteiger partial charge in [0.25, 0.3) is 10.1 Å². The van der Waals surface area contributed by atoms with Gasteiger partial charge in [-0.05, 0) is 31.9 Å². The molecule has 0 unspecified atom stereocenters. The quantitative estimate of drug-likeness (QED) is 0.606. The summed E-state index contributed by atoms with van der Waals surface area (Å²) < 4.78 is 28.6. The fraction of sp³-hybridized carbons (Fsp3) is 0.538. The molecule has 0 radical (unpaired) electrons. The topological polar surface area (TPSA) is 63.6 Å². The van der Waals surface area contributed by atoms with Crippen LogP contribution in [0, 0.1) is 6.92 Å². The molecule has 0 saturated heterocycles. The summed E-state index contributed by atoms with van der Waals surface area (Å²) in [7, 11) is -3.73. The Kier molecular flexibility index (Phi) is 6.46. The van der Waals surface area contributed by atoms with E-state index >= 15 is 0 Å². The Morgan fingerprint density at radius 3 is 2.42 bits per heavy atom. The fourth-order valence-corrected chi connectivity index (χ4v) is 2.69. The molecule has 0 amide bonds. The Balaban J connectivity index is 2.54. The van der Waals surface area contributed by atoms with Crippen molar-refractivity contribution in [3.05, 3.63) is 29.8 Å². The molecule has 108 valence electrons. The van der Waals surface area contributed by atoms with Gasteiger partial charge < -0.3 is 5.11 Å². The molecule has 1 N–H and O–H groups in total. The highest BCUT2D eigenvalue weighted by molar-refractivity contribution is 9.09. The SMILES string of the molecule is CC[C@@H](Br)[C@@H](O)CCOS(=O)(=O)c1ccc(C)cc1. The van der Waals surface area contributed by atoms with Crippen LogP contribution in [-0.4, -0.2) is 31.1 Å². The Hall–Kier alpha value is -0.430. The van der Waals surface area contributed by atoms with Gasteiger partial charge in [-0.25, -0.2) is 0 Å². The molecule has 1 rings (SSSR count). The van der Waals surface area contributed by atoms with Crippen molar-refractivity contribution in [2.45, 2.75) is 42.5 Å². The lowest BCUT2D eigenvalue weighted by Crippen LogP contribution is -2.22. The van der Waals surface area contributed by atoms with E-state index in [1.165, 1.54) is 12.1 Å². The van der Waals surface area contributed by atoms with E-state index in [2.05, 4.69) is 15.9 Å². The lowest BCUT2D eigenvalue weighted by atomic mass is 10.1. The molecule has 4 nitrogen and oxygen atoms in total. The molecule has 19 heavy (non-hydrogen) atoms. The van der Waals surface area contributed by atoms with Crippen LogP contribution in [0.4, 0.5) is 0 Å². The molecule has 0 aromatic heterocycles. The van der Waals surface area contributed by atoms with E-state index in [4.69, 9.17) is 4.18 Å². The van der Waals surface area contributed by atoms with Crippen molar-refractivity contribution in [3.8, 4) is 0 Å². The smallest absolute Gasteiger partial charge is 0.296 e. The molecule has 0 bridgehead atoms. The van der Waals surface area contributed by atoms with Crippen LogP contribution in [0.25, 0.3) is 0 Å². The van der Waals surface area contributed by atoms with Crippen LogP contribution in [0.3, 0.4) is 0 Å². The van der Waals surface area contributed by atoms with Crippen molar-refractivity contribution in [1.82, 2.24) is 0 Å². The third kappa shape index (κ3) is 5.22. The third-order valence-corrected chi connectivity index (χ3v) is 5.35. The second-order valence-electron chi connectivity index (χ2n) is 4.37. The van der Waals surface area contributed by atoms with Crippen molar-refractivity contribution in [2.75, 3.05) is 6.61 Å². The number of alkyl halides is 1. The van der Waals surface area contributed by atoms with E-state index in [1.807, 2.05) is 13.8 Å². The van der Waals surface area contributed by atoms with Crippen LogP contribution >= 0.6 is 15.9 Å².